The first-order chi connectivity index (χ1) is 24.6. The molecular formula is C47H39IrN4. The van der Waals surface area contributed by atoms with E-state index in [-0.39, 0.29) is 36.9 Å². The van der Waals surface area contributed by atoms with Crippen LogP contribution in [-0.4, -0.2) is 19.4 Å². The first-order valence-corrected chi connectivity index (χ1v) is 17.8. The van der Waals surface area contributed by atoms with E-state index in [1.165, 1.54) is 27.7 Å². The Morgan fingerprint density at radius 2 is 1.46 bits per heavy atom. The van der Waals surface area contributed by atoms with E-state index in [4.69, 9.17) is 15.0 Å². The van der Waals surface area contributed by atoms with Gasteiger partial charge in [-0.2, -0.15) is 60.7 Å². The summed E-state index contributed by atoms with van der Waals surface area (Å²) in [5.41, 5.74) is 10.8. The Balaban J connectivity index is 0.00000387. The minimum Gasteiger partial charge on any atom is -0.336 e. The van der Waals surface area contributed by atoms with Crippen molar-refractivity contribution in [1.82, 2.24) is 19.4 Å². The Kier molecular flexibility index (Phi) is 8.09. The zero-order chi connectivity index (χ0) is 35.1. The van der Waals surface area contributed by atoms with Crippen LogP contribution in [0.15, 0.2) is 122 Å². The van der Waals surface area contributed by atoms with Crippen LogP contribution in [0.2, 0.25) is 0 Å². The van der Waals surface area contributed by atoms with Crippen LogP contribution in [0.1, 0.15) is 91.1 Å². The van der Waals surface area contributed by atoms with Crippen molar-refractivity contribution in [1.29, 1.82) is 0 Å². The van der Waals surface area contributed by atoms with Crippen LogP contribution >= 0.6 is 0 Å². The Morgan fingerprint density at radius 1 is 0.731 bits per heavy atom. The molecule has 256 valence electrons. The number of hydrogen-bond acceptors (Lipinski definition) is 3. The maximum Gasteiger partial charge on any atom is 3.00 e. The largest absolute Gasteiger partial charge is 3.00 e. The number of imidazole rings is 1. The molecule has 8 aromatic rings. The molecule has 4 aromatic carbocycles. The van der Waals surface area contributed by atoms with E-state index in [0.717, 1.165) is 50.2 Å². The molecule has 0 saturated heterocycles. The predicted octanol–water partition coefficient (Wildman–Crippen LogP) is 10.2. The normalized spacial score (nSPS) is 16.1. The van der Waals surface area contributed by atoms with Gasteiger partial charge in [-0.15, -0.1) is 34.9 Å². The topological polar surface area (TPSA) is 43.1 Å². The molecule has 5 heteroatoms. The van der Waals surface area contributed by atoms with Gasteiger partial charge in [0.15, 0.2) is 0 Å². The molecule has 0 spiro atoms. The standard InChI is InChI=1S/C47H39N4.Ir/c1-30-23-26-36-42-39(30)34-25-24-33(47(6,32-19-11-8-12-20-32)38-22-14-16-28-49-38)29-35(34)44-50-41(43(51(42)44)46(4,5)45(36,2)3)40(31-17-9-7-10-18-31)37-21-13-15-27-48-37;/h7-17,19,21-28,40H,1-6H3;/q-3;+3/t40-,47?;/m0./s1. The molecule has 0 N–H and O–H groups in total. The van der Waals surface area contributed by atoms with Crippen LogP contribution in [0.5, 0.6) is 0 Å². The molecule has 4 aromatic heterocycles. The molecule has 9 rings (SSSR count). The minimum absolute atomic E-state index is 0. The summed E-state index contributed by atoms with van der Waals surface area (Å²) in [5.74, 6) is -0.213. The number of rotatable bonds is 6. The van der Waals surface area contributed by atoms with Gasteiger partial charge in [0, 0.05) is 45.8 Å². The summed E-state index contributed by atoms with van der Waals surface area (Å²) in [7, 11) is 0. The second-order valence-electron chi connectivity index (χ2n) is 15.2. The van der Waals surface area contributed by atoms with Gasteiger partial charge in [-0.25, -0.2) is 0 Å². The zero-order valence-electron chi connectivity index (χ0n) is 30.2. The van der Waals surface area contributed by atoms with Crippen molar-refractivity contribution in [3.05, 3.63) is 190 Å². The molecule has 0 bridgehead atoms. The number of nitrogens with zero attached hydrogens (tertiary/aromatic N) is 4. The number of aryl methyl sites for hydroxylation is 1. The van der Waals surface area contributed by atoms with Crippen molar-refractivity contribution in [3.63, 3.8) is 0 Å². The number of hydrogen-bond donors (Lipinski definition) is 0. The van der Waals surface area contributed by atoms with Gasteiger partial charge in [-0.3, -0.25) is 15.0 Å². The average molecular weight is 852 g/mol. The molecule has 0 amide bonds. The maximum absolute atomic E-state index is 5.76. The number of aromatic nitrogens is 4. The molecule has 1 aliphatic rings. The summed E-state index contributed by atoms with van der Waals surface area (Å²) in [4.78, 5) is 15.6. The summed E-state index contributed by atoms with van der Waals surface area (Å²) >= 11 is 0. The summed E-state index contributed by atoms with van der Waals surface area (Å²) < 4.78 is 2.48. The van der Waals surface area contributed by atoms with Crippen LogP contribution < -0.4 is 0 Å². The Labute approximate surface area is 319 Å². The van der Waals surface area contributed by atoms with Gasteiger partial charge in [0.2, 0.25) is 0 Å². The summed E-state index contributed by atoms with van der Waals surface area (Å²) in [6.07, 6.45) is 3.75. The Morgan fingerprint density at radius 3 is 2.13 bits per heavy atom. The second-order valence-corrected chi connectivity index (χ2v) is 15.2. The van der Waals surface area contributed by atoms with Crippen LogP contribution in [0.3, 0.4) is 0 Å². The summed E-state index contributed by atoms with van der Waals surface area (Å²) in [6, 6.07) is 49.0. The van der Waals surface area contributed by atoms with Crippen LogP contribution in [-0.2, 0) is 36.4 Å². The van der Waals surface area contributed by atoms with Crippen LogP contribution in [0, 0.1) is 25.1 Å². The zero-order valence-corrected chi connectivity index (χ0v) is 32.6. The minimum atomic E-state index is -0.606. The Bertz CT molecular complexity index is 2510. The quantitative estimate of drug-likeness (QED) is 0.124. The number of fused-ring (bicyclic) bond motifs is 3. The van der Waals surface area contributed by atoms with Crippen LogP contribution in [0.4, 0.5) is 0 Å². The van der Waals surface area contributed by atoms with Crippen molar-refractivity contribution in [2.45, 2.75) is 63.7 Å². The fourth-order valence-corrected chi connectivity index (χ4v) is 8.56. The summed E-state index contributed by atoms with van der Waals surface area (Å²) in [6.45, 7) is 14.0. The third kappa shape index (κ3) is 4.72. The van der Waals surface area contributed by atoms with E-state index >= 15 is 0 Å². The molecule has 1 unspecified atom stereocenters. The van der Waals surface area contributed by atoms with Gasteiger partial charge in [0.1, 0.15) is 0 Å². The number of pyridine rings is 3. The van der Waals surface area contributed by atoms with Gasteiger partial charge < -0.3 is 4.40 Å². The molecule has 1 aliphatic heterocycles. The van der Waals surface area contributed by atoms with Crippen molar-refractivity contribution < 1.29 is 20.1 Å². The Hall–Kier alpha value is -4.96. The molecule has 0 saturated carbocycles. The fraction of sp³-hybridized carbons (Fsp3) is 0.213. The van der Waals surface area contributed by atoms with Crippen LogP contribution in [0.25, 0.3) is 27.3 Å². The molecule has 5 heterocycles. The molecule has 52 heavy (non-hydrogen) atoms. The van der Waals surface area contributed by atoms with E-state index < -0.39 is 5.41 Å². The molecule has 0 radical (unpaired) electrons. The third-order valence-electron chi connectivity index (χ3n) is 12.0. The molecule has 4 nitrogen and oxygen atoms in total. The fourth-order valence-electron chi connectivity index (χ4n) is 8.56. The number of benzene rings is 4. The van der Waals surface area contributed by atoms with Crippen molar-refractivity contribution in [3.8, 4) is 0 Å². The average Bonchev–Trinajstić information content (AvgIpc) is 3.57. The first kappa shape index (κ1) is 34.1. The van der Waals surface area contributed by atoms with Crippen molar-refractivity contribution in [2.24, 2.45) is 0 Å². The molecular weight excluding hydrogens is 813 g/mol. The van der Waals surface area contributed by atoms with Gasteiger partial charge in [0.05, 0.1) is 22.7 Å². The van der Waals surface area contributed by atoms with E-state index in [1.54, 1.807) is 0 Å². The van der Waals surface area contributed by atoms with E-state index in [2.05, 4.69) is 137 Å². The maximum atomic E-state index is 5.76. The molecule has 2 atom stereocenters. The predicted molar refractivity (Wildman–Crippen MR) is 205 cm³/mol. The smallest absolute Gasteiger partial charge is 0.336 e. The third-order valence-corrected chi connectivity index (χ3v) is 12.0. The van der Waals surface area contributed by atoms with E-state index in [1.807, 2.05) is 48.8 Å². The van der Waals surface area contributed by atoms with Gasteiger partial charge in [-0.05, 0) is 49.1 Å². The second kappa shape index (κ2) is 12.3. The van der Waals surface area contributed by atoms with Gasteiger partial charge in [0.25, 0.3) is 0 Å². The molecule has 0 fully saturated rings. The first-order valence-electron chi connectivity index (χ1n) is 17.8. The van der Waals surface area contributed by atoms with Gasteiger partial charge >= 0.3 is 20.1 Å². The summed E-state index contributed by atoms with van der Waals surface area (Å²) in [5, 5.41) is 3.40. The van der Waals surface area contributed by atoms with Crippen molar-refractivity contribution >= 4 is 27.3 Å². The SMILES string of the molecule is Cc1ccc2c3c1c1ccc(C(C)(c4[c-]cccc4)c4ccccn4)[c-]c1c1nc([C@@H](c4[c-]cccc4)c4ccccn4)c(n13)C(C)(C)C2(C)C.[Ir+3]. The van der Waals surface area contributed by atoms with E-state index in [9.17, 15) is 0 Å². The van der Waals surface area contributed by atoms with Gasteiger partial charge in [-0.1, -0.05) is 68.3 Å². The monoisotopic (exact) mass is 852 g/mol. The van der Waals surface area contributed by atoms with E-state index in [0.29, 0.717) is 0 Å². The molecule has 0 aliphatic carbocycles. The van der Waals surface area contributed by atoms with Crippen molar-refractivity contribution in [2.75, 3.05) is 0 Å².